The fraction of sp³-hybridized carbons (Fsp3) is 0.933. The second-order valence-electron chi connectivity index (χ2n) is 6.90. The Balaban J connectivity index is 1.53. The SMILES string of the molecule is CC1(C2=NOC[C@@H](CN3CCC(F)(F)CC3)O2)CCNCC1. The number of halogens is 2. The lowest BCUT2D eigenvalue weighted by Gasteiger charge is -2.39. The summed E-state index contributed by atoms with van der Waals surface area (Å²) >= 11 is 0. The van der Waals surface area contributed by atoms with Gasteiger partial charge in [0.15, 0.2) is 6.61 Å². The molecule has 2 fully saturated rings. The quantitative estimate of drug-likeness (QED) is 0.863. The van der Waals surface area contributed by atoms with Crippen molar-refractivity contribution in [3.8, 4) is 0 Å². The zero-order valence-corrected chi connectivity index (χ0v) is 13.1. The molecule has 0 aromatic heterocycles. The van der Waals surface area contributed by atoms with E-state index in [0.29, 0.717) is 32.1 Å². The van der Waals surface area contributed by atoms with Gasteiger partial charge in [0.2, 0.25) is 5.90 Å². The fourth-order valence-electron chi connectivity index (χ4n) is 3.28. The lowest BCUT2D eigenvalue weighted by atomic mass is 9.80. The fourth-order valence-corrected chi connectivity index (χ4v) is 3.28. The van der Waals surface area contributed by atoms with Crippen LogP contribution in [-0.2, 0) is 9.57 Å². The van der Waals surface area contributed by atoms with Gasteiger partial charge in [0.05, 0.1) is 0 Å². The van der Waals surface area contributed by atoms with E-state index >= 15 is 0 Å². The third-order valence-corrected chi connectivity index (χ3v) is 4.96. The van der Waals surface area contributed by atoms with Gasteiger partial charge in [0, 0.05) is 37.9 Å². The van der Waals surface area contributed by atoms with E-state index in [1.54, 1.807) is 0 Å². The maximum atomic E-state index is 13.2. The normalized spacial score (nSPS) is 31.8. The van der Waals surface area contributed by atoms with Crippen LogP contribution in [-0.4, -0.2) is 62.2 Å². The summed E-state index contributed by atoms with van der Waals surface area (Å²) in [6, 6.07) is 0. The number of nitrogens with one attached hydrogen (secondary N) is 1. The van der Waals surface area contributed by atoms with E-state index < -0.39 is 5.92 Å². The van der Waals surface area contributed by atoms with Crippen molar-refractivity contribution in [1.29, 1.82) is 0 Å². The van der Waals surface area contributed by atoms with Crippen LogP contribution in [0.4, 0.5) is 8.78 Å². The summed E-state index contributed by atoms with van der Waals surface area (Å²) in [6.45, 7) is 5.91. The van der Waals surface area contributed by atoms with Crippen molar-refractivity contribution >= 4 is 5.90 Å². The first-order valence-electron chi connectivity index (χ1n) is 8.15. The molecule has 0 bridgehead atoms. The summed E-state index contributed by atoms with van der Waals surface area (Å²) < 4.78 is 32.5. The topological polar surface area (TPSA) is 46.1 Å². The van der Waals surface area contributed by atoms with E-state index in [1.807, 2.05) is 4.90 Å². The van der Waals surface area contributed by atoms with Gasteiger partial charge >= 0.3 is 0 Å². The van der Waals surface area contributed by atoms with Gasteiger partial charge in [0.1, 0.15) is 6.10 Å². The molecule has 1 atom stereocenters. The second kappa shape index (κ2) is 6.28. The van der Waals surface area contributed by atoms with Crippen LogP contribution in [0.15, 0.2) is 5.16 Å². The number of nitrogens with zero attached hydrogens (tertiary/aromatic N) is 2. The van der Waals surface area contributed by atoms with Crippen molar-refractivity contribution in [1.82, 2.24) is 10.2 Å². The molecule has 3 aliphatic heterocycles. The minimum absolute atomic E-state index is 0.0646. The largest absolute Gasteiger partial charge is 0.470 e. The van der Waals surface area contributed by atoms with Gasteiger partial charge in [-0.3, -0.25) is 4.90 Å². The van der Waals surface area contributed by atoms with Gasteiger partial charge < -0.3 is 14.9 Å². The molecule has 7 heteroatoms. The van der Waals surface area contributed by atoms with Gasteiger partial charge in [-0.1, -0.05) is 12.1 Å². The molecule has 0 aromatic rings. The third kappa shape index (κ3) is 3.68. The average Bonchev–Trinajstić information content (AvgIpc) is 2.51. The van der Waals surface area contributed by atoms with Crippen molar-refractivity contribution in [3.63, 3.8) is 0 Å². The van der Waals surface area contributed by atoms with Crippen LogP contribution in [0.3, 0.4) is 0 Å². The Morgan fingerprint density at radius 3 is 2.59 bits per heavy atom. The van der Waals surface area contributed by atoms with Gasteiger partial charge in [-0.2, -0.15) is 0 Å². The first-order chi connectivity index (χ1) is 10.5. The Kier molecular flexibility index (Phi) is 4.54. The van der Waals surface area contributed by atoms with Crippen molar-refractivity contribution in [2.24, 2.45) is 10.6 Å². The summed E-state index contributed by atoms with van der Waals surface area (Å²) in [4.78, 5) is 7.40. The van der Waals surface area contributed by atoms with Gasteiger partial charge in [-0.05, 0) is 25.9 Å². The zero-order chi connectivity index (χ0) is 15.6. The highest BCUT2D eigenvalue weighted by Gasteiger charge is 2.39. The Morgan fingerprint density at radius 1 is 1.23 bits per heavy atom. The molecule has 22 heavy (non-hydrogen) atoms. The standard InChI is InChI=1S/C15H25F2N3O2/c1-14(2-6-18-7-3-14)13-19-21-11-12(22-13)10-20-8-4-15(16,17)5-9-20/h12,18H,2-11H2,1H3/t12-/m1/s1. The number of piperidine rings is 2. The number of oxime groups is 1. The molecular weight excluding hydrogens is 292 g/mol. The number of hydrogen-bond acceptors (Lipinski definition) is 5. The number of alkyl halides is 2. The van der Waals surface area contributed by atoms with Crippen molar-refractivity contribution in [3.05, 3.63) is 0 Å². The molecule has 126 valence electrons. The molecule has 0 amide bonds. The maximum absolute atomic E-state index is 13.2. The Labute approximate surface area is 130 Å². The summed E-state index contributed by atoms with van der Waals surface area (Å²) in [7, 11) is 0. The van der Waals surface area contributed by atoms with Crippen LogP contribution in [0.2, 0.25) is 0 Å². The number of rotatable bonds is 3. The lowest BCUT2D eigenvalue weighted by molar-refractivity contribution is -0.0710. The highest BCUT2D eigenvalue weighted by Crippen LogP contribution is 2.33. The molecule has 0 aliphatic carbocycles. The Hall–Kier alpha value is -0.950. The molecule has 0 radical (unpaired) electrons. The van der Waals surface area contributed by atoms with Crippen molar-refractivity contribution < 1.29 is 18.4 Å². The van der Waals surface area contributed by atoms with E-state index in [9.17, 15) is 8.78 Å². The van der Waals surface area contributed by atoms with Gasteiger partial charge in [-0.15, -0.1) is 0 Å². The van der Waals surface area contributed by atoms with E-state index in [-0.39, 0.29) is 24.4 Å². The number of hydrogen-bond donors (Lipinski definition) is 1. The van der Waals surface area contributed by atoms with Gasteiger partial charge in [-0.25, -0.2) is 8.78 Å². The molecule has 3 rings (SSSR count). The molecule has 3 heterocycles. The Bertz CT molecular complexity index is 415. The smallest absolute Gasteiger partial charge is 0.250 e. The minimum atomic E-state index is -2.50. The van der Waals surface area contributed by atoms with Crippen LogP contribution >= 0.6 is 0 Å². The molecule has 0 spiro atoms. The first-order valence-corrected chi connectivity index (χ1v) is 8.15. The molecule has 1 N–H and O–H groups in total. The van der Waals surface area contributed by atoms with Crippen molar-refractivity contribution in [2.45, 2.75) is 44.6 Å². The molecule has 2 saturated heterocycles. The summed E-state index contributed by atoms with van der Waals surface area (Å²) in [6.07, 6.45) is 1.69. The monoisotopic (exact) mass is 317 g/mol. The van der Waals surface area contributed by atoms with Gasteiger partial charge in [0.25, 0.3) is 5.92 Å². The van der Waals surface area contributed by atoms with E-state index in [2.05, 4.69) is 17.4 Å². The van der Waals surface area contributed by atoms with Crippen LogP contribution in [0.25, 0.3) is 0 Å². The predicted octanol–water partition coefficient (Wildman–Crippen LogP) is 1.84. The molecule has 5 nitrogen and oxygen atoms in total. The number of ether oxygens (including phenoxy) is 1. The van der Waals surface area contributed by atoms with Crippen LogP contribution in [0.5, 0.6) is 0 Å². The highest BCUT2D eigenvalue weighted by molar-refractivity contribution is 5.82. The van der Waals surface area contributed by atoms with E-state index in [4.69, 9.17) is 9.57 Å². The maximum Gasteiger partial charge on any atom is 0.250 e. The molecule has 0 aromatic carbocycles. The van der Waals surface area contributed by atoms with E-state index in [1.165, 1.54) is 0 Å². The summed E-state index contributed by atoms with van der Waals surface area (Å²) in [5.41, 5.74) is -0.0845. The molecular formula is C15H25F2N3O2. The highest BCUT2D eigenvalue weighted by atomic mass is 19.3. The average molecular weight is 317 g/mol. The van der Waals surface area contributed by atoms with Crippen LogP contribution in [0, 0.1) is 5.41 Å². The number of likely N-dealkylation sites (tertiary alicyclic amines) is 1. The molecule has 0 saturated carbocycles. The minimum Gasteiger partial charge on any atom is -0.470 e. The predicted molar refractivity (Wildman–Crippen MR) is 79.1 cm³/mol. The summed E-state index contributed by atoms with van der Waals surface area (Å²) in [5.74, 6) is -1.83. The second-order valence-corrected chi connectivity index (χ2v) is 6.90. The molecule has 0 unspecified atom stereocenters. The van der Waals surface area contributed by atoms with Crippen LogP contribution < -0.4 is 5.32 Å². The van der Waals surface area contributed by atoms with Crippen LogP contribution in [0.1, 0.15) is 32.6 Å². The van der Waals surface area contributed by atoms with E-state index in [0.717, 1.165) is 25.9 Å². The molecule has 3 aliphatic rings. The zero-order valence-electron chi connectivity index (χ0n) is 13.1. The van der Waals surface area contributed by atoms with Crippen molar-refractivity contribution in [2.75, 3.05) is 39.3 Å². The lowest BCUT2D eigenvalue weighted by Crippen LogP contribution is -2.48. The third-order valence-electron chi connectivity index (χ3n) is 4.96. The first kappa shape index (κ1) is 15.9. The Morgan fingerprint density at radius 2 is 1.91 bits per heavy atom. The summed E-state index contributed by atoms with van der Waals surface area (Å²) in [5, 5.41) is 7.45.